The van der Waals surface area contributed by atoms with Gasteiger partial charge in [-0.05, 0) is 83.1 Å². The lowest BCUT2D eigenvalue weighted by molar-refractivity contribution is -0.138. The Balaban J connectivity index is 1.65. The summed E-state index contributed by atoms with van der Waals surface area (Å²) in [6.45, 7) is 2.29. The second-order valence-electron chi connectivity index (χ2n) is 7.75. The highest BCUT2D eigenvalue weighted by molar-refractivity contribution is 14.1. The van der Waals surface area contributed by atoms with Gasteiger partial charge in [0.05, 0.1) is 24.3 Å². The summed E-state index contributed by atoms with van der Waals surface area (Å²) >= 11 is 7.06. The molecule has 0 spiro atoms. The number of nitrogens with zero attached hydrogens (tertiary/aromatic N) is 1. The van der Waals surface area contributed by atoms with Gasteiger partial charge in [0.2, 0.25) is 0 Å². The normalized spacial score (nSPS) is 15.4. The number of hydrogen-bond acceptors (Lipinski definition) is 7. The zero-order valence-corrected chi connectivity index (χ0v) is 24.6. The van der Waals surface area contributed by atoms with Gasteiger partial charge in [-0.25, -0.2) is 9.79 Å². The van der Waals surface area contributed by atoms with Gasteiger partial charge < -0.3 is 19.3 Å². The Labute approximate surface area is 241 Å². The van der Waals surface area contributed by atoms with E-state index in [2.05, 4.69) is 43.5 Å². The second kappa shape index (κ2) is 12.7. The average Bonchev–Trinajstić information content (AvgIpc) is 3.19. The number of methoxy groups -OCH3 is 1. The summed E-state index contributed by atoms with van der Waals surface area (Å²) in [6, 6.07) is 21.0. The van der Waals surface area contributed by atoms with E-state index in [0.29, 0.717) is 33.7 Å². The van der Waals surface area contributed by atoms with Crippen molar-refractivity contribution in [1.29, 1.82) is 0 Å². The number of carbonyl (C=O) groups excluding carboxylic acids is 1. The molecule has 3 aromatic carbocycles. The van der Waals surface area contributed by atoms with Crippen molar-refractivity contribution in [2.45, 2.75) is 13.5 Å². The maximum atomic E-state index is 12.7. The maximum absolute atomic E-state index is 12.7. The van der Waals surface area contributed by atoms with Crippen LogP contribution in [-0.2, 0) is 16.1 Å². The first-order chi connectivity index (χ1) is 17.9. The Morgan fingerprint density at radius 3 is 2.51 bits per heavy atom. The molecule has 37 heavy (non-hydrogen) atoms. The second-order valence-corrected chi connectivity index (χ2v) is 10.9. The predicted octanol–water partition coefficient (Wildman–Crippen LogP) is 7.83. The summed E-state index contributed by atoms with van der Waals surface area (Å²) in [5, 5.41) is 11.4. The van der Waals surface area contributed by atoms with E-state index >= 15 is 0 Å². The molecule has 0 aliphatic carbocycles. The first-order valence-electron chi connectivity index (χ1n) is 11.3. The Hall–Kier alpha value is -2.76. The highest BCUT2D eigenvalue weighted by atomic mass is 127. The van der Waals surface area contributed by atoms with Crippen LogP contribution in [0.25, 0.3) is 6.08 Å². The van der Waals surface area contributed by atoms with Gasteiger partial charge in [-0.2, -0.15) is 0 Å². The molecule has 0 bridgehead atoms. The number of thioether (sulfide) groups is 1. The van der Waals surface area contributed by atoms with Gasteiger partial charge in [-0.15, -0.1) is 0 Å². The SMILES string of the molecule is CCOC(=O)C1=C(O)/C(=C/c2cc(OC)c(OCc3ccc(I)cc3)cc2Br)SC1=Nc1ccccc1. The number of benzene rings is 3. The zero-order valence-electron chi connectivity index (χ0n) is 20.0. The number of halogens is 2. The molecule has 1 N–H and O–H groups in total. The molecule has 0 radical (unpaired) electrons. The number of aliphatic hydroxyl groups is 1. The Bertz CT molecular complexity index is 1390. The third-order valence-corrected chi connectivity index (χ3v) is 7.66. The van der Waals surface area contributed by atoms with E-state index in [4.69, 9.17) is 14.2 Å². The lowest BCUT2D eigenvalue weighted by Crippen LogP contribution is -2.12. The smallest absolute Gasteiger partial charge is 0.344 e. The van der Waals surface area contributed by atoms with Crippen molar-refractivity contribution in [2.75, 3.05) is 13.7 Å². The third-order valence-electron chi connectivity index (χ3n) is 5.23. The monoisotopic (exact) mass is 691 g/mol. The van der Waals surface area contributed by atoms with Gasteiger partial charge in [0.1, 0.15) is 23.0 Å². The van der Waals surface area contributed by atoms with Crippen LogP contribution < -0.4 is 9.47 Å². The molecule has 0 saturated carbocycles. The lowest BCUT2D eigenvalue weighted by Gasteiger charge is -2.13. The predicted molar refractivity (Wildman–Crippen MR) is 160 cm³/mol. The van der Waals surface area contributed by atoms with Crippen LogP contribution in [0, 0.1) is 3.57 Å². The first-order valence-corrected chi connectivity index (χ1v) is 14.0. The Morgan fingerprint density at radius 2 is 1.84 bits per heavy atom. The summed E-state index contributed by atoms with van der Waals surface area (Å²) in [5.74, 6) is 0.313. The molecule has 0 amide bonds. The number of carbonyl (C=O) groups is 1. The molecular weight excluding hydrogens is 669 g/mol. The topological polar surface area (TPSA) is 77.4 Å². The molecule has 0 fully saturated rings. The minimum atomic E-state index is -0.624. The van der Waals surface area contributed by atoms with Crippen molar-refractivity contribution in [3.63, 3.8) is 0 Å². The summed E-state index contributed by atoms with van der Waals surface area (Å²) in [6.07, 6.45) is 1.77. The molecule has 0 unspecified atom stereocenters. The lowest BCUT2D eigenvalue weighted by atomic mass is 10.1. The fraction of sp³-hybridized carbons (Fsp3) is 0.143. The highest BCUT2D eigenvalue weighted by Crippen LogP contribution is 2.42. The Morgan fingerprint density at radius 1 is 1.11 bits per heavy atom. The molecule has 4 rings (SSSR count). The van der Waals surface area contributed by atoms with E-state index in [1.807, 2.05) is 66.7 Å². The molecule has 1 heterocycles. The molecule has 190 valence electrons. The largest absolute Gasteiger partial charge is 0.506 e. The summed E-state index contributed by atoms with van der Waals surface area (Å²) in [7, 11) is 1.57. The van der Waals surface area contributed by atoms with Crippen LogP contribution in [0.15, 0.2) is 92.4 Å². The molecule has 6 nitrogen and oxygen atoms in total. The maximum Gasteiger partial charge on any atom is 0.344 e. The number of aliphatic hydroxyl groups excluding tert-OH is 1. The van der Waals surface area contributed by atoms with Gasteiger partial charge >= 0.3 is 5.97 Å². The van der Waals surface area contributed by atoms with Crippen molar-refractivity contribution >= 4 is 73.1 Å². The van der Waals surface area contributed by atoms with Gasteiger partial charge in [0.15, 0.2) is 11.5 Å². The van der Waals surface area contributed by atoms with E-state index in [1.54, 1.807) is 20.1 Å². The highest BCUT2D eigenvalue weighted by Gasteiger charge is 2.33. The van der Waals surface area contributed by atoms with Gasteiger partial charge in [-0.1, -0.05) is 58.0 Å². The van der Waals surface area contributed by atoms with E-state index in [-0.39, 0.29) is 17.9 Å². The molecule has 0 atom stereocenters. The number of rotatable bonds is 8. The minimum Gasteiger partial charge on any atom is -0.506 e. The van der Waals surface area contributed by atoms with Crippen LogP contribution in [0.1, 0.15) is 18.1 Å². The molecule has 3 aromatic rings. The van der Waals surface area contributed by atoms with Crippen LogP contribution in [0.4, 0.5) is 5.69 Å². The van der Waals surface area contributed by atoms with E-state index in [1.165, 1.54) is 11.8 Å². The molecular formula is C28H23BrINO5S. The van der Waals surface area contributed by atoms with E-state index < -0.39 is 5.97 Å². The van der Waals surface area contributed by atoms with Gasteiger partial charge in [0.25, 0.3) is 0 Å². The molecule has 9 heteroatoms. The van der Waals surface area contributed by atoms with Crippen molar-refractivity contribution in [3.8, 4) is 11.5 Å². The minimum absolute atomic E-state index is 0.0440. The van der Waals surface area contributed by atoms with Crippen LogP contribution in [0.2, 0.25) is 0 Å². The number of para-hydroxylation sites is 1. The molecule has 0 saturated heterocycles. The molecule has 1 aliphatic heterocycles. The third kappa shape index (κ3) is 6.77. The summed E-state index contributed by atoms with van der Waals surface area (Å²) < 4.78 is 18.7. The average molecular weight is 692 g/mol. The fourth-order valence-corrected chi connectivity index (χ4v) is 5.25. The molecule has 0 aromatic heterocycles. The van der Waals surface area contributed by atoms with Crippen molar-refractivity contribution in [1.82, 2.24) is 0 Å². The van der Waals surface area contributed by atoms with Crippen LogP contribution in [0.5, 0.6) is 11.5 Å². The fourth-order valence-electron chi connectivity index (χ4n) is 3.43. The zero-order chi connectivity index (χ0) is 26.4. The standard InChI is InChI=1S/C28H23BrINO5S/c1-3-35-28(33)25-26(32)24(37-27(25)31-20-7-5-4-6-8-20)14-18-13-22(34-2)23(15-21(18)29)36-16-17-9-11-19(30)12-10-17/h4-15,32H,3,16H2,1-2H3/b24-14-,31-27?. The van der Waals surface area contributed by atoms with Crippen molar-refractivity contribution in [3.05, 3.63) is 102 Å². The van der Waals surface area contributed by atoms with Crippen molar-refractivity contribution in [2.24, 2.45) is 4.99 Å². The number of esters is 1. The van der Waals surface area contributed by atoms with Crippen LogP contribution in [-0.4, -0.2) is 29.8 Å². The number of ether oxygens (including phenoxy) is 3. The number of hydrogen-bond donors (Lipinski definition) is 1. The quantitative estimate of drug-likeness (QED) is 0.192. The van der Waals surface area contributed by atoms with Gasteiger partial charge in [0, 0.05) is 8.04 Å². The number of aliphatic imine (C=N–C) groups is 1. The van der Waals surface area contributed by atoms with Crippen LogP contribution >= 0.6 is 50.3 Å². The van der Waals surface area contributed by atoms with Crippen molar-refractivity contribution < 1.29 is 24.1 Å². The Kier molecular flexibility index (Phi) is 9.33. The van der Waals surface area contributed by atoms with E-state index in [9.17, 15) is 9.90 Å². The van der Waals surface area contributed by atoms with Crippen LogP contribution in [0.3, 0.4) is 0 Å². The summed E-state index contributed by atoms with van der Waals surface area (Å²) in [4.78, 5) is 17.7. The molecule has 1 aliphatic rings. The first kappa shape index (κ1) is 27.3. The van der Waals surface area contributed by atoms with E-state index in [0.717, 1.165) is 19.2 Å². The van der Waals surface area contributed by atoms with Gasteiger partial charge in [-0.3, -0.25) is 0 Å². The summed E-state index contributed by atoms with van der Waals surface area (Å²) in [5.41, 5.74) is 2.48.